The van der Waals surface area contributed by atoms with Gasteiger partial charge in [0, 0.05) is 5.02 Å². The predicted molar refractivity (Wildman–Crippen MR) is 82.7 cm³/mol. The first-order chi connectivity index (χ1) is 9.88. The number of halogens is 3. The summed E-state index contributed by atoms with van der Waals surface area (Å²) in [6.07, 6.45) is 0. The van der Waals surface area contributed by atoms with Crippen molar-refractivity contribution in [3.05, 3.63) is 57.0 Å². The minimum atomic E-state index is -1.66. The highest BCUT2D eigenvalue weighted by Crippen LogP contribution is 2.29. The van der Waals surface area contributed by atoms with Crippen LogP contribution >= 0.6 is 34.8 Å². The lowest BCUT2D eigenvalue weighted by Crippen LogP contribution is -2.29. The van der Waals surface area contributed by atoms with Crippen LogP contribution in [0.3, 0.4) is 0 Å². The van der Waals surface area contributed by atoms with Crippen molar-refractivity contribution in [2.24, 2.45) is 0 Å². The molecule has 2 aromatic carbocycles. The van der Waals surface area contributed by atoms with Crippen LogP contribution in [0.25, 0.3) is 0 Å². The van der Waals surface area contributed by atoms with Gasteiger partial charge in [0.2, 0.25) is 0 Å². The lowest BCUT2D eigenvalue weighted by molar-refractivity contribution is 0.0735. The fraction of sp³-hybridized carbons (Fsp3) is 0. The maximum absolute atomic E-state index is 12.1. The van der Waals surface area contributed by atoms with E-state index >= 15 is 0 Å². The lowest BCUT2D eigenvalue weighted by atomic mass is 9.80. The van der Waals surface area contributed by atoms with E-state index in [0.29, 0.717) is 5.02 Å². The molecule has 0 unspecified atom stereocenters. The molecule has 0 bridgehead atoms. The van der Waals surface area contributed by atoms with Crippen LogP contribution in [0.2, 0.25) is 15.1 Å². The van der Waals surface area contributed by atoms with Crippen LogP contribution in [0.1, 0.15) is 10.4 Å². The molecular formula is C13H8BCl3O4. The zero-order valence-electron chi connectivity index (χ0n) is 10.4. The molecule has 8 heteroatoms. The predicted octanol–water partition coefficient (Wildman–Crippen LogP) is 2.55. The van der Waals surface area contributed by atoms with Crippen molar-refractivity contribution in [2.45, 2.75) is 0 Å². The third kappa shape index (κ3) is 3.90. The first-order valence-corrected chi connectivity index (χ1v) is 6.84. The summed E-state index contributed by atoms with van der Waals surface area (Å²) in [5.41, 5.74) is 0.172. The molecule has 0 saturated heterocycles. The summed E-state index contributed by atoms with van der Waals surface area (Å²) in [6, 6.07) is 8.55. The average Bonchev–Trinajstić information content (AvgIpc) is 2.37. The van der Waals surface area contributed by atoms with Crippen molar-refractivity contribution in [3.8, 4) is 5.75 Å². The minimum absolute atomic E-state index is 0.0160. The highest BCUT2D eigenvalue weighted by molar-refractivity contribution is 6.58. The van der Waals surface area contributed by atoms with Crippen LogP contribution in [-0.4, -0.2) is 23.1 Å². The largest absolute Gasteiger partial charge is 0.488 e. The normalized spacial score (nSPS) is 10.3. The molecule has 0 fully saturated rings. The third-order valence-corrected chi connectivity index (χ3v) is 3.39. The van der Waals surface area contributed by atoms with Crippen molar-refractivity contribution < 1.29 is 19.6 Å². The van der Waals surface area contributed by atoms with Crippen LogP contribution in [-0.2, 0) is 0 Å². The summed E-state index contributed by atoms with van der Waals surface area (Å²) in [4.78, 5) is 12.1. The van der Waals surface area contributed by atoms with Gasteiger partial charge >= 0.3 is 13.1 Å². The summed E-state index contributed by atoms with van der Waals surface area (Å²) >= 11 is 17.6. The second-order valence-electron chi connectivity index (χ2n) is 4.08. The molecule has 0 aromatic heterocycles. The van der Waals surface area contributed by atoms with E-state index in [1.165, 1.54) is 36.4 Å². The fourth-order valence-corrected chi connectivity index (χ4v) is 2.61. The Labute approximate surface area is 136 Å². The molecule has 0 saturated carbocycles. The maximum atomic E-state index is 12.1. The smallest absolute Gasteiger partial charge is 0.423 e. The SMILES string of the molecule is O=C(Oc1cccc(B(O)O)c1)c1c(Cl)cc(Cl)cc1Cl. The standard InChI is InChI=1S/C13H8BCl3O4/c15-8-5-10(16)12(11(17)6-8)13(18)21-9-3-1-2-7(4-9)14(19)20/h1-6,19-20H. The maximum Gasteiger partial charge on any atom is 0.488 e. The summed E-state index contributed by atoms with van der Waals surface area (Å²) in [6.45, 7) is 0. The molecule has 0 aliphatic rings. The van der Waals surface area contributed by atoms with Crippen LogP contribution in [0, 0.1) is 0 Å². The van der Waals surface area contributed by atoms with E-state index in [-0.39, 0.29) is 26.8 Å². The zero-order valence-corrected chi connectivity index (χ0v) is 12.7. The second kappa shape index (κ2) is 6.68. The van der Waals surface area contributed by atoms with Crippen LogP contribution in [0.5, 0.6) is 5.75 Å². The number of esters is 1. The van der Waals surface area contributed by atoms with Crippen molar-refractivity contribution >= 4 is 53.4 Å². The van der Waals surface area contributed by atoms with Gasteiger partial charge in [-0.2, -0.15) is 0 Å². The van der Waals surface area contributed by atoms with Crippen molar-refractivity contribution in [1.82, 2.24) is 0 Å². The van der Waals surface area contributed by atoms with Crippen molar-refractivity contribution in [2.75, 3.05) is 0 Å². The van der Waals surface area contributed by atoms with Crippen molar-refractivity contribution in [1.29, 1.82) is 0 Å². The molecular weight excluding hydrogens is 337 g/mol. The minimum Gasteiger partial charge on any atom is -0.423 e. The molecule has 108 valence electrons. The molecule has 0 atom stereocenters. The summed E-state index contributed by atoms with van der Waals surface area (Å²) in [7, 11) is -1.66. The Morgan fingerprint density at radius 1 is 1.05 bits per heavy atom. The van der Waals surface area contributed by atoms with Crippen LogP contribution in [0.4, 0.5) is 0 Å². The fourth-order valence-electron chi connectivity index (χ4n) is 1.63. The number of rotatable bonds is 3. The highest BCUT2D eigenvalue weighted by Gasteiger charge is 2.19. The van der Waals surface area contributed by atoms with Gasteiger partial charge in [0.1, 0.15) is 5.75 Å². The van der Waals surface area contributed by atoms with Gasteiger partial charge in [-0.05, 0) is 29.7 Å². The summed E-state index contributed by atoms with van der Waals surface area (Å²) in [5, 5.41) is 18.6. The van der Waals surface area contributed by atoms with E-state index in [0.717, 1.165) is 0 Å². The molecule has 0 amide bonds. The first kappa shape index (κ1) is 16.1. The van der Waals surface area contributed by atoms with Gasteiger partial charge < -0.3 is 14.8 Å². The third-order valence-electron chi connectivity index (χ3n) is 2.58. The topological polar surface area (TPSA) is 66.8 Å². The molecule has 2 N–H and O–H groups in total. The second-order valence-corrected chi connectivity index (χ2v) is 5.33. The van der Waals surface area contributed by atoms with Gasteiger partial charge in [-0.3, -0.25) is 0 Å². The molecule has 4 nitrogen and oxygen atoms in total. The number of ether oxygens (including phenoxy) is 1. The Kier molecular flexibility index (Phi) is 5.14. The van der Waals surface area contributed by atoms with Gasteiger partial charge in [-0.15, -0.1) is 0 Å². The Morgan fingerprint density at radius 3 is 2.24 bits per heavy atom. The van der Waals surface area contributed by atoms with Crippen molar-refractivity contribution in [3.63, 3.8) is 0 Å². The molecule has 21 heavy (non-hydrogen) atoms. The van der Waals surface area contributed by atoms with E-state index in [1.54, 1.807) is 0 Å². The lowest BCUT2D eigenvalue weighted by Gasteiger charge is -2.09. The molecule has 2 aromatic rings. The number of carbonyl (C=O) groups is 1. The average molecular weight is 345 g/mol. The van der Waals surface area contributed by atoms with E-state index in [9.17, 15) is 4.79 Å². The molecule has 0 heterocycles. The Balaban J connectivity index is 2.28. The monoisotopic (exact) mass is 344 g/mol. The molecule has 0 aliphatic heterocycles. The molecule has 0 aliphatic carbocycles. The molecule has 2 rings (SSSR count). The van der Waals surface area contributed by atoms with Crippen LogP contribution in [0.15, 0.2) is 36.4 Å². The summed E-state index contributed by atoms with van der Waals surface area (Å²) < 4.78 is 5.12. The zero-order chi connectivity index (χ0) is 15.6. The Bertz CT molecular complexity index is 668. The van der Waals surface area contributed by atoms with Crippen LogP contribution < -0.4 is 10.2 Å². The van der Waals surface area contributed by atoms with E-state index < -0.39 is 13.1 Å². The molecule has 0 spiro atoms. The number of carbonyl (C=O) groups excluding carboxylic acids is 1. The molecule has 0 radical (unpaired) electrons. The van der Waals surface area contributed by atoms with Gasteiger partial charge in [-0.25, -0.2) is 4.79 Å². The number of hydrogen-bond acceptors (Lipinski definition) is 4. The number of hydrogen-bond donors (Lipinski definition) is 2. The number of benzene rings is 2. The van der Waals surface area contributed by atoms with Gasteiger partial charge in [0.15, 0.2) is 0 Å². The highest BCUT2D eigenvalue weighted by atomic mass is 35.5. The quantitative estimate of drug-likeness (QED) is 0.510. The first-order valence-electron chi connectivity index (χ1n) is 5.71. The Morgan fingerprint density at radius 2 is 1.67 bits per heavy atom. The summed E-state index contributed by atoms with van der Waals surface area (Å²) in [5.74, 6) is -0.640. The van der Waals surface area contributed by atoms with Gasteiger partial charge in [-0.1, -0.05) is 46.9 Å². The van der Waals surface area contributed by atoms with E-state index in [1.807, 2.05) is 0 Å². The van der Waals surface area contributed by atoms with E-state index in [2.05, 4.69) is 0 Å². The van der Waals surface area contributed by atoms with Gasteiger partial charge in [0.25, 0.3) is 0 Å². The Hall–Kier alpha value is -1.24. The van der Waals surface area contributed by atoms with E-state index in [4.69, 9.17) is 49.6 Å². The van der Waals surface area contributed by atoms with Gasteiger partial charge in [0.05, 0.1) is 15.6 Å².